The number of hydrogen-bond acceptors (Lipinski definition) is 3. The fraction of sp³-hybridized carbons (Fsp3) is 0.412. The lowest BCUT2D eigenvalue weighted by molar-refractivity contribution is -0.00740. The van der Waals surface area contributed by atoms with E-state index in [1.807, 2.05) is 24.3 Å². The van der Waals surface area contributed by atoms with Crippen LogP contribution in [-0.2, 0) is 17.8 Å². The third kappa shape index (κ3) is 2.39. The Balaban J connectivity index is 1.63. The lowest BCUT2D eigenvalue weighted by atomic mass is 9.92. The molecule has 0 spiro atoms. The summed E-state index contributed by atoms with van der Waals surface area (Å²) in [6, 6.07) is 7.56. The van der Waals surface area contributed by atoms with Crippen LogP contribution in [0.3, 0.4) is 0 Å². The van der Waals surface area contributed by atoms with Crippen LogP contribution in [0, 0.1) is 5.92 Å². The van der Waals surface area contributed by atoms with Crippen LogP contribution in [0.15, 0.2) is 29.1 Å². The molecule has 6 heteroatoms. The molecule has 1 aromatic carbocycles. The zero-order valence-corrected chi connectivity index (χ0v) is 12.6. The zero-order valence-electron chi connectivity index (χ0n) is 12.6. The Labute approximate surface area is 132 Å². The summed E-state index contributed by atoms with van der Waals surface area (Å²) in [6.07, 6.45) is 0.532. The topological polar surface area (TPSA) is 82.6 Å². The van der Waals surface area contributed by atoms with Crippen molar-refractivity contribution in [2.45, 2.75) is 25.6 Å². The number of pyridine rings is 1. The molecule has 1 amide bonds. The standard InChI is InChI=1S/C17H18N2O4/c20-16-12-4-2-1-3-11(12)13-9-23-15(7-14(13)18-16)10-5-6-19(8-10)17(21)22/h1-4,10,15H,5-9H2,(H,18,20)(H,21,22). The van der Waals surface area contributed by atoms with Gasteiger partial charge in [-0.3, -0.25) is 4.79 Å². The minimum absolute atomic E-state index is 0.0383. The summed E-state index contributed by atoms with van der Waals surface area (Å²) in [5.74, 6) is 0.189. The van der Waals surface area contributed by atoms with Gasteiger partial charge in [-0.05, 0) is 17.9 Å². The maximum absolute atomic E-state index is 12.2. The highest BCUT2D eigenvalue weighted by Gasteiger charge is 2.35. The lowest BCUT2D eigenvalue weighted by Crippen LogP contribution is -2.35. The second-order valence-corrected chi connectivity index (χ2v) is 6.29. The first-order valence-corrected chi connectivity index (χ1v) is 7.85. The van der Waals surface area contributed by atoms with Gasteiger partial charge in [-0.15, -0.1) is 0 Å². The van der Waals surface area contributed by atoms with Crippen LogP contribution in [0.2, 0.25) is 0 Å². The van der Waals surface area contributed by atoms with Crippen LogP contribution in [0.25, 0.3) is 10.8 Å². The van der Waals surface area contributed by atoms with Crippen molar-refractivity contribution in [1.82, 2.24) is 9.88 Å². The molecule has 2 aliphatic rings. The van der Waals surface area contributed by atoms with Crippen molar-refractivity contribution < 1.29 is 14.6 Å². The number of likely N-dealkylation sites (tertiary alicyclic amines) is 1. The number of nitrogens with one attached hydrogen (secondary N) is 1. The van der Waals surface area contributed by atoms with Gasteiger partial charge in [-0.1, -0.05) is 18.2 Å². The third-order valence-electron chi connectivity index (χ3n) is 4.99. The Morgan fingerprint density at radius 3 is 2.83 bits per heavy atom. The number of aromatic nitrogens is 1. The highest BCUT2D eigenvalue weighted by Crippen LogP contribution is 2.31. The molecule has 2 aromatic rings. The van der Waals surface area contributed by atoms with Gasteiger partial charge in [0.1, 0.15) is 0 Å². The minimum atomic E-state index is -0.872. The predicted molar refractivity (Wildman–Crippen MR) is 84.6 cm³/mol. The molecule has 1 fully saturated rings. The number of amides is 1. The van der Waals surface area contributed by atoms with Crippen molar-refractivity contribution in [3.63, 3.8) is 0 Å². The number of benzene rings is 1. The van der Waals surface area contributed by atoms with Gasteiger partial charge in [-0.25, -0.2) is 4.79 Å². The molecule has 2 aliphatic heterocycles. The van der Waals surface area contributed by atoms with Crippen molar-refractivity contribution in [2.75, 3.05) is 13.1 Å². The maximum Gasteiger partial charge on any atom is 0.407 e. The fourth-order valence-corrected chi connectivity index (χ4v) is 3.74. The molecule has 1 saturated heterocycles. The highest BCUT2D eigenvalue weighted by molar-refractivity contribution is 5.85. The maximum atomic E-state index is 12.2. The SMILES string of the molecule is O=C(O)N1CCC(C2Cc3[nH]c(=O)c4ccccc4c3CO2)C1. The van der Waals surface area contributed by atoms with Crippen LogP contribution in [0.1, 0.15) is 17.7 Å². The van der Waals surface area contributed by atoms with Gasteiger partial charge in [0, 0.05) is 42.1 Å². The largest absolute Gasteiger partial charge is 0.465 e. The van der Waals surface area contributed by atoms with E-state index in [-0.39, 0.29) is 17.6 Å². The Hall–Kier alpha value is -2.34. The van der Waals surface area contributed by atoms with E-state index in [1.54, 1.807) is 0 Å². The van der Waals surface area contributed by atoms with Crippen LogP contribution >= 0.6 is 0 Å². The van der Waals surface area contributed by atoms with Gasteiger partial charge < -0.3 is 19.7 Å². The number of carbonyl (C=O) groups is 1. The van der Waals surface area contributed by atoms with Gasteiger partial charge in [-0.2, -0.15) is 0 Å². The van der Waals surface area contributed by atoms with E-state index in [9.17, 15) is 9.59 Å². The Kier molecular flexibility index (Phi) is 3.34. The third-order valence-corrected chi connectivity index (χ3v) is 4.99. The summed E-state index contributed by atoms with van der Waals surface area (Å²) in [7, 11) is 0. The number of aromatic amines is 1. The molecule has 2 unspecified atom stereocenters. The molecule has 4 rings (SSSR count). The number of nitrogens with zero attached hydrogens (tertiary/aromatic N) is 1. The lowest BCUT2D eigenvalue weighted by Gasteiger charge is -2.30. The van der Waals surface area contributed by atoms with E-state index in [4.69, 9.17) is 9.84 Å². The molecule has 0 radical (unpaired) electrons. The van der Waals surface area contributed by atoms with E-state index in [1.165, 1.54) is 4.90 Å². The van der Waals surface area contributed by atoms with Crippen molar-refractivity contribution in [1.29, 1.82) is 0 Å². The Morgan fingerprint density at radius 2 is 2.09 bits per heavy atom. The first-order valence-electron chi connectivity index (χ1n) is 7.85. The number of carboxylic acid groups (broad SMARTS) is 1. The van der Waals surface area contributed by atoms with E-state index < -0.39 is 6.09 Å². The molecule has 3 heterocycles. The molecular formula is C17H18N2O4. The molecule has 23 heavy (non-hydrogen) atoms. The molecule has 120 valence electrons. The van der Waals surface area contributed by atoms with Crippen molar-refractivity contribution in [2.24, 2.45) is 5.92 Å². The number of rotatable bonds is 1. The number of fused-ring (bicyclic) bond motifs is 3. The summed E-state index contributed by atoms with van der Waals surface area (Å²) in [5, 5.41) is 10.7. The van der Waals surface area contributed by atoms with E-state index in [2.05, 4.69) is 4.98 Å². The van der Waals surface area contributed by atoms with Gasteiger partial charge >= 0.3 is 6.09 Å². The summed E-state index contributed by atoms with van der Waals surface area (Å²) >= 11 is 0. The molecule has 1 aromatic heterocycles. The monoisotopic (exact) mass is 314 g/mol. The second kappa shape index (κ2) is 5.38. The Bertz CT molecular complexity index is 829. The van der Waals surface area contributed by atoms with Crippen molar-refractivity contribution in [3.8, 4) is 0 Å². The molecule has 2 N–H and O–H groups in total. The molecule has 2 atom stereocenters. The van der Waals surface area contributed by atoms with Crippen LogP contribution < -0.4 is 5.56 Å². The first kappa shape index (κ1) is 14.3. The molecule has 0 aliphatic carbocycles. The predicted octanol–water partition coefficient (Wildman–Crippen LogP) is 1.97. The van der Waals surface area contributed by atoms with Gasteiger partial charge in [0.05, 0.1) is 12.7 Å². The molecule has 0 saturated carbocycles. The van der Waals surface area contributed by atoms with E-state index in [0.717, 1.165) is 23.1 Å². The summed E-state index contributed by atoms with van der Waals surface area (Å²) in [5.41, 5.74) is 1.90. The zero-order chi connectivity index (χ0) is 16.0. The van der Waals surface area contributed by atoms with E-state index >= 15 is 0 Å². The van der Waals surface area contributed by atoms with Crippen molar-refractivity contribution in [3.05, 3.63) is 45.9 Å². The second-order valence-electron chi connectivity index (χ2n) is 6.29. The number of H-pyrrole nitrogens is 1. The first-order chi connectivity index (χ1) is 11.1. The summed E-state index contributed by atoms with van der Waals surface area (Å²) < 4.78 is 6.02. The normalized spacial score (nSPS) is 23.9. The molecular weight excluding hydrogens is 296 g/mol. The quantitative estimate of drug-likeness (QED) is 0.843. The number of hydrogen-bond donors (Lipinski definition) is 2. The smallest absolute Gasteiger partial charge is 0.407 e. The van der Waals surface area contributed by atoms with E-state index in [0.29, 0.717) is 31.5 Å². The highest BCUT2D eigenvalue weighted by atomic mass is 16.5. The summed E-state index contributed by atoms with van der Waals surface area (Å²) in [6.45, 7) is 1.52. The number of ether oxygens (including phenoxy) is 1. The minimum Gasteiger partial charge on any atom is -0.465 e. The average molecular weight is 314 g/mol. The van der Waals surface area contributed by atoms with Gasteiger partial charge in [0.25, 0.3) is 5.56 Å². The van der Waals surface area contributed by atoms with Crippen LogP contribution in [0.4, 0.5) is 4.79 Å². The average Bonchev–Trinajstić information content (AvgIpc) is 3.05. The van der Waals surface area contributed by atoms with Gasteiger partial charge in [0.15, 0.2) is 0 Å². The van der Waals surface area contributed by atoms with Gasteiger partial charge in [0.2, 0.25) is 0 Å². The fourth-order valence-electron chi connectivity index (χ4n) is 3.74. The van der Waals surface area contributed by atoms with Crippen LogP contribution in [0.5, 0.6) is 0 Å². The molecule has 0 bridgehead atoms. The summed E-state index contributed by atoms with van der Waals surface area (Å²) in [4.78, 5) is 27.7. The van der Waals surface area contributed by atoms with Crippen molar-refractivity contribution >= 4 is 16.9 Å². The Morgan fingerprint density at radius 1 is 1.30 bits per heavy atom. The molecule has 6 nitrogen and oxygen atoms in total. The van der Waals surface area contributed by atoms with Crippen LogP contribution in [-0.4, -0.2) is 40.3 Å².